The number of nitrogens with one attached hydrogen (secondary N) is 2. The number of hydrogen-bond acceptors (Lipinski definition) is 3. The molecule has 0 atom stereocenters. The van der Waals surface area contributed by atoms with Crippen molar-refractivity contribution in [3.63, 3.8) is 0 Å². The minimum absolute atomic E-state index is 0.0484. The van der Waals surface area contributed by atoms with Gasteiger partial charge in [-0.1, -0.05) is 6.07 Å². The van der Waals surface area contributed by atoms with Gasteiger partial charge in [0, 0.05) is 0 Å². The highest BCUT2D eigenvalue weighted by Gasteiger charge is 2.34. The molecule has 2 rings (SSSR count). The molecule has 0 unspecified atom stereocenters. The van der Waals surface area contributed by atoms with E-state index in [1.807, 2.05) is 0 Å². The summed E-state index contributed by atoms with van der Waals surface area (Å²) in [6.45, 7) is 0. The molecule has 0 aliphatic carbocycles. The lowest BCUT2D eigenvalue weighted by Gasteiger charge is -1.99. The number of rotatable bonds is 1. The third kappa shape index (κ3) is 1.61. The lowest BCUT2D eigenvalue weighted by Crippen LogP contribution is -2.06. The van der Waals surface area contributed by atoms with Crippen LogP contribution in [0.3, 0.4) is 0 Å². The van der Waals surface area contributed by atoms with Crippen molar-refractivity contribution in [1.82, 2.24) is 9.97 Å². The van der Waals surface area contributed by atoms with E-state index in [4.69, 9.17) is 5.21 Å². The van der Waals surface area contributed by atoms with Crippen molar-refractivity contribution in [2.75, 3.05) is 5.48 Å². The summed E-state index contributed by atoms with van der Waals surface area (Å²) in [4.78, 5) is 5.47. The Morgan fingerprint density at radius 1 is 1.33 bits per heavy atom. The number of hydrogen-bond donors (Lipinski definition) is 3. The Morgan fingerprint density at radius 3 is 2.67 bits per heavy atom. The predicted octanol–water partition coefficient (Wildman–Crippen LogP) is 2.38. The third-order valence-corrected chi connectivity index (χ3v) is 1.90. The number of aromatic nitrogens is 2. The van der Waals surface area contributed by atoms with E-state index in [0.717, 1.165) is 0 Å². The van der Waals surface area contributed by atoms with E-state index in [-0.39, 0.29) is 16.7 Å². The van der Waals surface area contributed by atoms with Crippen molar-refractivity contribution in [2.45, 2.75) is 6.18 Å². The highest BCUT2D eigenvalue weighted by Crippen LogP contribution is 2.30. The fourth-order valence-corrected chi connectivity index (χ4v) is 1.26. The van der Waals surface area contributed by atoms with E-state index in [1.54, 1.807) is 5.48 Å². The molecule has 0 aliphatic rings. The molecule has 80 valence electrons. The monoisotopic (exact) mass is 217 g/mol. The molecule has 0 spiro atoms. The van der Waals surface area contributed by atoms with Gasteiger partial charge in [0.1, 0.15) is 5.52 Å². The van der Waals surface area contributed by atoms with Crippen molar-refractivity contribution in [1.29, 1.82) is 0 Å². The molecule has 1 heterocycles. The Bertz CT molecular complexity index is 491. The molecule has 0 saturated carbocycles. The fourth-order valence-electron chi connectivity index (χ4n) is 1.26. The minimum atomic E-state index is -4.52. The number of anilines is 1. The zero-order chi connectivity index (χ0) is 11.1. The smallest absolute Gasteiger partial charge is 0.334 e. The minimum Gasteiger partial charge on any atom is -0.334 e. The number of fused-ring (bicyclic) bond motifs is 1. The van der Waals surface area contributed by atoms with Crippen molar-refractivity contribution < 1.29 is 18.4 Å². The van der Waals surface area contributed by atoms with Gasteiger partial charge in [-0.25, -0.2) is 4.98 Å². The van der Waals surface area contributed by atoms with Gasteiger partial charge in [-0.3, -0.25) is 10.7 Å². The Kier molecular flexibility index (Phi) is 2.04. The van der Waals surface area contributed by atoms with E-state index >= 15 is 0 Å². The van der Waals surface area contributed by atoms with Crippen LogP contribution in [0.2, 0.25) is 0 Å². The van der Waals surface area contributed by atoms with Crippen LogP contribution in [0.25, 0.3) is 11.0 Å². The van der Waals surface area contributed by atoms with Crippen LogP contribution < -0.4 is 5.48 Å². The molecule has 15 heavy (non-hydrogen) atoms. The zero-order valence-electron chi connectivity index (χ0n) is 7.26. The first-order valence-electron chi connectivity index (χ1n) is 3.98. The van der Waals surface area contributed by atoms with Crippen LogP contribution in [0.15, 0.2) is 18.2 Å². The van der Waals surface area contributed by atoms with Crippen molar-refractivity contribution in [3.05, 3.63) is 24.0 Å². The fraction of sp³-hybridized carbons (Fsp3) is 0.125. The number of halogens is 3. The lowest BCUT2D eigenvalue weighted by molar-refractivity contribution is -0.144. The highest BCUT2D eigenvalue weighted by atomic mass is 19.4. The molecule has 0 amide bonds. The predicted molar refractivity (Wildman–Crippen MR) is 46.5 cm³/mol. The van der Waals surface area contributed by atoms with E-state index in [1.165, 1.54) is 18.2 Å². The maximum Gasteiger partial charge on any atom is 0.449 e. The van der Waals surface area contributed by atoms with Crippen molar-refractivity contribution in [2.24, 2.45) is 0 Å². The lowest BCUT2D eigenvalue weighted by atomic mass is 10.3. The standard InChI is InChI=1S/C8H6F3N3O/c9-8(10,11)7-12-4-2-1-3-5(14-15)6(4)13-7/h1-3,14-15H,(H,12,13). The second kappa shape index (κ2) is 3.13. The number of para-hydroxylation sites is 1. The van der Waals surface area contributed by atoms with Crippen LogP contribution in [0.4, 0.5) is 18.9 Å². The Labute approximate surface area is 81.7 Å². The first-order valence-corrected chi connectivity index (χ1v) is 3.98. The van der Waals surface area contributed by atoms with Crippen LogP contribution in [0.5, 0.6) is 0 Å². The first-order chi connectivity index (χ1) is 7.02. The summed E-state index contributed by atoms with van der Waals surface area (Å²) < 4.78 is 36.9. The Morgan fingerprint density at radius 2 is 2.07 bits per heavy atom. The molecule has 3 N–H and O–H groups in total. The molecule has 0 radical (unpaired) electrons. The van der Waals surface area contributed by atoms with E-state index in [2.05, 4.69) is 9.97 Å². The Balaban J connectivity index is 2.65. The average Bonchev–Trinajstić information content (AvgIpc) is 2.59. The molecular formula is C8H6F3N3O. The number of H-pyrrole nitrogens is 1. The molecule has 2 aromatic rings. The Hall–Kier alpha value is -1.76. The van der Waals surface area contributed by atoms with Gasteiger partial charge < -0.3 is 4.98 Å². The number of aromatic amines is 1. The second-order valence-corrected chi connectivity index (χ2v) is 2.90. The van der Waals surface area contributed by atoms with Crippen LogP contribution in [0, 0.1) is 0 Å². The average molecular weight is 217 g/mol. The van der Waals surface area contributed by atoms with Gasteiger partial charge in [0.05, 0.1) is 11.2 Å². The van der Waals surface area contributed by atoms with Crippen molar-refractivity contribution in [3.8, 4) is 0 Å². The van der Waals surface area contributed by atoms with Gasteiger partial charge in [0.2, 0.25) is 5.82 Å². The summed E-state index contributed by atoms with van der Waals surface area (Å²) in [7, 11) is 0. The molecule has 0 bridgehead atoms. The number of alkyl halides is 3. The molecule has 0 saturated heterocycles. The maximum atomic E-state index is 12.3. The molecule has 1 aromatic carbocycles. The van der Waals surface area contributed by atoms with Crippen LogP contribution in [-0.4, -0.2) is 15.2 Å². The number of imidazole rings is 1. The van der Waals surface area contributed by atoms with Crippen LogP contribution in [-0.2, 0) is 6.18 Å². The third-order valence-electron chi connectivity index (χ3n) is 1.90. The molecule has 0 aliphatic heterocycles. The largest absolute Gasteiger partial charge is 0.449 e. The second-order valence-electron chi connectivity index (χ2n) is 2.90. The molecule has 0 fully saturated rings. The number of nitrogens with zero attached hydrogens (tertiary/aromatic N) is 1. The number of benzene rings is 1. The van der Waals surface area contributed by atoms with Crippen molar-refractivity contribution >= 4 is 16.7 Å². The van der Waals surface area contributed by atoms with Gasteiger partial charge in [-0.15, -0.1) is 0 Å². The van der Waals surface area contributed by atoms with Gasteiger partial charge >= 0.3 is 6.18 Å². The van der Waals surface area contributed by atoms with E-state index in [9.17, 15) is 13.2 Å². The summed E-state index contributed by atoms with van der Waals surface area (Å²) in [6.07, 6.45) is -4.52. The molecule has 7 heteroatoms. The molecular weight excluding hydrogens is 211 g/mol. The first kappa shape index (κ1) is 9.78. The maximum absolute atomic E-state index is 12.3. The summed E-state index contributed by atoms with van der Waals surface area (Å²) in [5.74, 6) is -1.08. The van der Waals surface area contributed by atoms with E-state index in [0.29, 0.717) is 0 Å². The summed E-state index contributed by atoms with van der Waals surface area (Å²) in [5.41, 5.74) is 2.17. The van der Waals surface area contributed by atoms with E-state index < -0.39 is 12.0 Å². The molecule has 1 aromatic heterocycles. The zero-order valence-corrected chi connectivity index (χ0v) is 7.26. The van der Waals surface area contributed by atoms with Gasteiger partial charge in [-0.05, 0) is 12.1 Å². The van der Waals surface area contributed by atoms with Gasteiger partial charge in [-0.2, -0.15) is 13.2 Å². The highest BCUT2D eigenvalue weighted by molar-refractivity contribution is 5.87. The topological polar surface area (TPSA) is 60.9 Å². The van der Waals surface area contributed by atoms with Gasteiger partial charge in [0.25, 0.3) is 0 Å². The quantitative estimate of drug-likeness (QED) is 0.642. The van der Waals surface area contributed by atoms with Crippen LogP contribution in [0.1, 0.15) is 5.82 Å². The summed E-state index contributed by atoms with van der Waals surface area (Å²) in [6, 6.07) is 4.36. The SMILES string of the molecule is ONc1cccc2[nH]c(C(F)(F)F)nc12. The van der Waals surface area contributed by atoms with Gasteiger partial charge in [0.15, 0.2) is 0 Å². The summed E-state index contributed by atoms with van der Waals surface area (Å²) in [5, 5.41) is 8.66. The normalized spacial score (nSPS) is 12.0. The van der Waals surface area contributed by atoms with Crippen LogP contribution >= 0.6 is 0 Å². The summed E-state index contributed by atoms with van der Waals surface area (Å²) >= 11 is 0. The molecule has 4 nitrogen and oxygen atoms in total.